The molecule has 1 aliphatic rings. The zero-order valence-electron chi connectivity index (χ0n) is 17.1. The van der Waals surface area contributed by atoms with E-state index in [9.17, 15) is 4.79 Å². The van der Waals surface area contributed by atoms with E-state index in [-0.39, 0.29) is 18.0 Å². The van der Waals surface area contributed by atoms with Crippen LogP contribution in [0.2, 0.25) is 0 Å². The molecule has 0 spiro atoms. The van der Waals surface area contributed by atoms with Crippen LogP contribution in [0, 0.1) is 0 Å². The van der Waals surface area contributed by atoms with Crippen molar-refractivity contribution >= 4 is 16.8 Å². The van der Waals surface area contributed by atoms with Crippen LogP contribution >= 0.6 is 0 Å². The quantitative estimate of drug-likeness (QED) is 0.656. The van der Waals surface area contributed by atoms with Gasteiger partial charge in [0, 0.05) is 10.9 Å². The minimum absolute atomic E-state index is 0.0223. The molecule has 0 aliphatic carbocycles. The Labute approximate surface area is 171 Å². The highest BCUT2D eigenvalue weighted by Crippen LogP contribution is 2.29. The number of hydrogen-bond donors (Lipinski definition) is 0. The summed E-state index contributed by atoms with van der Waals surface area (Å²) in [6.45, 7) is 7.74. The molecule has 1 amide bonds. The second-order valence-electron chi connectivity index (χ2n) is 7.48. The molecule has 0 bridgehead atoms. The van der Waals surface area contributed by atoms with Gasteiger partial charge in [-0.25, -0.2) is 4.98 Å². The van der Waals surface area contributed by atoms with Gasteiger partial charge < -0.3 is 14.4 Å². The zero-order valence-corrected chi connectivity index (χ0v) is 17.1. The lowest BCUT2D eigenvalue weighted by Gasteiger charge is -2.39. The molecule has 5 nitrogen and oxygen atoms in total. The van der Waals surface area contributed by atoms with E-state index in [4.69, 9.17) is 14.5 Å². The topological polar surface area (TPSA) is 51.7 Å². The maximum atomic E-state index is 13.6. The fraction of sp³-hybridized carbons (Fsp3) is 0.333. The predicted octanol–water partition coefficient (Wildman–Crippen LogP) is 4.55. The summed E-state index contributed by atoms with van der Waals surface area (Å²) in [5.74, 6) is 0.817. The van der Waals surface area contributed by atoms with Crippen molar-refractivity contribution in [1.82, 2.24) is 9.88 Å². The van der Waals surface area contributed by atoms with Gasteiger partial charge in [-0.3, -0.25) is 4.79 Å². The molecule has 4 rings (SSSR count). The number of carbonyl (C=O) groups is 1. The maximum absolute atomic E-state index is 13.6. The Morgan fingerprint density at radius 3 is 2.62 bits per heavy atom. The maximum Gasteiger partial charge on any atom is 0.255 e. The van der Waals surface area contributed by atoms with E-state index in [2.05, 4.69) is 0 Å². The van der Waals surface area contributed by atoms with Gasteiger partial charge in [-0.2, -0.15) is 0 Å². The van der Waals surface area contributed by atoms with Crippen LogP contribution in [0.4, 0.5) is 0 Å². The van der Waals surface area contributed by atoms with Crippen molar-refractivity contribution in [2.75, 3.05) is 19.8 Å². The predicted molar refractivity (Wildman–Crippen MR) is 114 cm³/mol. The molecule has 0 saturated carbocycles. The number of para-hydroxylation sites is 1. The molecule has 1 fully saturated rings. The number of pyridine rings is 1. The van der Waals surface area contributed by atoms with Crippen molar-refractivity contribution in [2.45, 2.75) is 32.9 Å². The fourth-order valence-electron chi connectivity index (χ4n) is 3.96. The first-order valence-corrected chi connectivity index (χ1v) is 10.1. The summed E-state index contributed by atoms with van der Waals surface area (Å²) in [6.07, 6.45) is 0. The summed E-state index contributed by atoms with van der Waals surface area (Å²) in [6, 6.07) is 17.6. The van der Waals surface area contributed by atoms with Crippen LogP contribution in [0.15, 0.2) is 54.6 Å². The summed E-state index contributed by atoms with van der Waals surface area (Å²) < 4.78 is 11.2. The first-order valence-electron chi connectivity index (χ1n) is 10.1. The van der Waals surface area contributed by atoms with Crippen LogP contribution in [0.25, 0.3) is 22.2 Å². The third-order valence-corrected chi connectivity index (χ3v) is 5.29. The average Bonchev–Trinajstić information content (AvgIpc) is 2.73. The summed E-state index contributed by atoms with van der Waals surface area (Å²) in [4.78, 5) is 20.4. The minimum Gasteiger partial charge on any atom is -0.494 e. The Morgan fingerprint density at radius 2 is 1.86 bits per heavy atom. The summed E-state index contributed by atoms with van der Waals surface area (Å²) >= 11 is 0. The van der Waals surface area contributed by atoms with Gasteiger partial charge in [-0.1, -0.05) is 30.3 Å². The normalized spacial score (nSPS) is 19.3. The molecule has 150 valence electrons. The summed E-state index contributed by atoms with van der Waals surface area (Å²) in [5, 5.41) is 0.869. The van der Waals surface area contributed by atoms with Crippen LogP contribution in [-0.2, 0) is 4.74 Å². The first-order chi connectivity index (χ1) is 14.1. The first kappa shape index (κ1) is 19.4. The van der Waals surface area contributed by atoms with E-state index < -0.39 is 0 Å². The Hall–Kier alpha value is -2.92. The number of rotatable bonds is 4. The molecule has 1 saturated heterocycles. The number of hydrogen-bond acceptors (Lipinski definition) is 4. The number of carbonyl (C=O) groups excluding carboxylic acids is 1. The van der Waals surface area contributed by atoms with Gasteiger partial charge in [-0.15, -0.1) is 0 Å². The molecule has 29 heavy (non-hydrogen) atoms. The van der Waals surface area contributed by atoms with E-state index in [1.807, 2.05) is 80.3 Å². The largest absolute Gasteiger partial charge is 0.494 e. The lowest BCUT2D eigenvalue weighted by Crippen LogP contribution is -2.52. The number of ether oxygens (including phenoxy) is 2. The van der Waals surface area contributed by atoms with Crippen molar-refractivity contribution < 1.29 is 14.3 Å². The van der Waals surface area contributed by atoms with Crippen molar-refractivity contribution in [1.29, 1.82) is 0 Å². The van der Waals surface area contributed by atoms with Crippen molar-refractivity contribution in [3.63, 3.8) is 0 Å². The van der Waals surface area contributed by atoms with Gasteiger partial charge in [0.2, 0.25) is 0 Å². The second-order valence-corrected chi connectivity index (χ2v) is 7.48. The average molecular weight is 390 g/mol. The van der Waals surface area contributed by atoms with Crippen molar-refractivity contribution in [3.05, 3.63) is 60.2 Å². The van der Waals surface area contributed by atoms with E-state index in [0.29, 0.717) is 25.4 Å². The SMILES string of the molecule is CCOc1cccc(-c2cc(C(=O)N3[C@H](C)COC[C@H]3C)c3ccccc3n2)c1. The van der Waals surface area contributed by atoms with Crippen LogP contribution in [0.5, 0.6) is 5.75 Å². The highest BCUT2D eigenvalue weighted by Gasteiger charge is 2.31. The highest BCUT2D eigenvalue weighted by molar-refractivity contribution is 6.07. The molecule has 3 aromatic rings. The molecule has 5 heteroatoms. The molecule has 0 N–H and O–H groups in total. The molecule has 2 aromatic carbocycles. The van der Waals surface area contributed by atoms with Crippen LogP contribution < -0.4 is 4.74 Å². The Morgan fingerprint density at radius 1 is 1.10 bits per heavy atom. The summed E-state index contributed by atoms with van der Waals surface area (Å²) in [5.41, 5.74) is 3.18. The van der Waals surface area contributed by atoms with Gasteiger partial charge >= 0.3 is 0 Å². The third-order valence-electron chi connectivity index (χ3n) is 5.29. The van der Waals surface area contributed by atoms with Gasteiger partial charge in [0.15, 0.2) is 0 Å². The molecule has 2 atom stereocenters. The molecule has 1 aliphatic heterocycles. The number of morpholine rings is 1. The van der Waals surface area contributed by atoms with Crippen molar-refractivity contribution in [3.8, 4) is 17.0 Å². The smallest absolute Gasteiger partial charge is 0.255 e. The molecule has 2 heterocycles. The lowest BCUT2D eigenvalue weighted by atomic mass is 10.0. The van der Waals surface area contributed by atoms with E-state index >= 15 is 0 Å². The number of benzene rings is 2. The molecular weight excluding hydrogens is 364 g/mol. The number of nitrogens with zero attached hydrogens (tertiary/aromatic N) is 2. The minimum atomic E-state index is 0.0223. The molecule has 0 radical (unpaired) electrons. The summed E-state index contributed by atoms with van der Waals surface area (Å²) in [7, 11) is 0. The Kier molecular flexibility index (Phi) is 5.49. The van der Waals surface area contributed by atoms with Crippen molar-refractivity contribution in [2.24, 2.45) is 0 Å². The third kappa shape index (κ3) is 3.83. The van der Waals surface area contributed by atoms with E-state index in [1.54, 1.807) is 0 Å². The lowest BCUT2D eigenvalue weighted by molar-refractivity contribution is -0.0248. The monoisotopic (exact) mass is 390 g/mol. The second kappa shape index (κ2) is 8.21. The highest BCUT2D eigenvalue weighted by atomic mass is 16.5. The van der Waals surface area contributed by atoms with E-state index in [1.165, 1.54) is 0 Å². The van der Waals surface area contributed by atoms with Gasteiger partial charge in [0.1, 0.15) is 5.75 Å². The molecule has 0 unspecified atom stereocenters. The number of fused-ring (bicyclic) bond motifs is 1. The van der Waals surface area contributed by atoms with Gasteiger partial charge in [0.05, 0.1) is 48.7 Å². The van der Waals surface area contributed by atoms with Crippen LogP contribution in [-0.4, -0.2) is 47.7 Å². The van der Waals surface area contributed by atoms with Gasteiger partial charge in [0.25, 0.3) is 5.91 Å². The zero-order chi connectivity index (χ0) is 20.4. The molecular formula is C24H26N2O3. The van der Waals surface area contributed by atoms with Gasteiger partial charge in [-0.05, 0) is 45.0 Å². The fourth-order valence-corrected chi connectivity index (χ4v) is 3.96. The Balaban J connectivity index is 1.83. The standard InChI is InChI=1S/C24H26N2O3/c1-4-29-19-9-7-8-18(12-19)23-13-21(20-10-5-6-11-22(20)25-23)24(27)26-16(2)14-28-15-17(26)3/h5-13,16-17H,4,14-15H2,1-3H3/t16-,17-/m1/s1. The van der Waals surface area contributed by atoms with E-state index in [0.717, 1.165) is 27.9 Å². The van der Waals surface area contributed by atoms with Crippen LogP contribution in [0.3, 0.4) is 0 Å². The van der Waals surface area contributed by atoms with Crippen LogP contribution in [0.1, 0.15) is 31.1 Å². The Bertz CT molecular complexity index is 1020. The number of amides is 1. The number of aromatic nitrogens is 1. The molecule has 1 aromatic heterocycles.